The number of aromatic nitrogens is 3. The molecule has 0 aliphatic carbocycles. The van der Waals surface area contributed by atoms with Crippen LogP contribution in [0.15, 0.2) is 16.6 Å². The third kappa shape index (κ3) is 3.05. The number of anilines is 1. The number of nitro groups is 1. The van der Waals surface area contributed by atoms with Crippen molar-refractivity contribution in [3.05, 3.63) is 38.1 Å². The summed E-state index contributed by atoms with van der Waals surface area (Å²) in [7, 11) is 0. The molecule has 0 atom stereocenters. The van der Waals surface area contributed by atoms with Crippen LogP contribution in [0.2, 0.25) is 0 Å². The van der Waals surface area contributed by atoms with Crippen molar-refractivity contribution in [1.29, 1.82) is 0 Å². The summed E-state index contributed by atoms with van der Waals surface area (Å²) in [6.07, 6.45) is 0.944. The lowest BCUT2D eigenvalue weighted by Gasteiger charge is -2.08. The highest BCUT2D eigenvalue weighted by molar-refractivity contribution is 9.10. The lowest BCUT2D eigenvalue weighted by Crippen LogP contribution is -2.09. The minimum absolute atomic E-state index is 0.0739. The van der Waals surface area contributed by atoms with Crippen LogP contribution < -0.4 is 5.32 Å². The molecule has 0 fully saturated rings. The standard InChI is InChI=1S/C13H16BrN5O2/c1-4-7-15-11-6-5-10(19(20)21)13(16-11)18-9(3)12(14)8(2)17-18/h5-6H,4,7H2,1-3H3,(H,15,16). The fourth-order valence-corrected chi connectivity index (χ4v) is 2.17. The maximum Gasteiger partial charge on any atom is 0.313 e. The molecule has 0 bridgehead atoms. The van der Waals surface area contributed by atoms with Gasteiger partial charge in [-0.05, 0) is 42.3 Å². The maximum atomic E-state index is 11.2. The van der Waals surface area contributed by atoms with Gasteiger partial charge in [0.05, 0.1) is 20.8 Å². The average Bonchev–Trinajstić information content (AvgIpc) is 2.72. The zero-order valence-electron chi connectivity index (χ0n) is 12.1. The number of nitrogens with one attached hydrogen (secondary N) is 1. The molecule has 2 aromatic rings. The molecule has 112 valence electrons. The third-order valence-electron chi connectivity index (χ3n) is 3.01. The molecule has 0 aliphatic rings. The predicted molar refractivity (Wildman–Crippen MR) is 84.0 cm³/mol. The Morgan fingerprint density at radius 2 is 2.14 bits per heavy atom. The topological polar surface area (TPSA) is 85.9 Å². The Hall–Kier alpha value is -1.96. The van der Waals surface area contributed by atoms with E-state index in [-0.39, 0.29) is 11.5 Å². The van der Waals surface area contributed by atoms with E-state index in [0.717, 1.165) is 28.8 Å². The predicted octanol–water partition coefficient (Wildman–Crippen LogP) is 3.38. The van der Waals surface area contributed by atoms with Gasteiger partial charge in [-0.15, -0.1) is 0 Å². The van der Waals surface area contributed by atoms with E-state index >= 15 is 0 Å². The number of halogens is 1. The largest absolute Gasteiger partial charge is 0.370 e. The molecule has 0 unspecified atom stereocenters. The number of hydrogen-bond donors (Lipinski definition) is 1. The maximum absolute atomic E-state index is 11.2. The Bertz CT molecular complexity index is 683. The van der Waals surface area contributed by atoms with Gasteiger partial charge in [0.15, 0.2) is 0 Å². The lowest BCUT2D eigenvalue weighted by molar-refractivity contribution is -0.384. The normalized spacial score (nSPS) is 10.7. The van der Waals surface area contributed by atoms with E-state index in [1.165, 1.54) is 10.7 Å². The first-order valence-corrected chi connectivity index (χ1v) is 7.36. The Morgan fingerprint density at radius 1 is 1.43 bits per heavy atom. The summed E-state index contributed by atoms with van der Waals surface area (Å²) in [4.78, 5) is 15.1. The first-order chi connectivity index (χ1) is 9.95. The molecule has 0 saturated heterocycles. The quantitative estimate of drug-likeness (QED) is 0.657. The van der Waals surface area contributed by atoms with Gasteiger partial charge < -0.3 is 5.32 Å². The molecule has 0 saturated carbocycles. The van der Waals surface area contributed by atoms with E-state index in [1.807, 2.05) is 20.8 Å². The van der Waals surface area contributed by atoms with Gasteiger partial charge in [-0.25, -0.2) is 9.67 Å². The van der Waals surface area contributed by atoms with Crippen LogP contribution in [0.25, 0.3) is 5.82 Å². The molecule has 1 N–H and O–H groups in total. The van der Waals surface area contributed by atoms with E-state index in [9.17, 15) is 10.1 Å². The van der Waals surface area contributed by atoms with Gasteiger partial charge >= 0.3 is 5.69 Å². The van der Waals surface area contributed by atoms with Crippen LogP contribution in [-0.2, 0) is 0 Å². The van der Waals surface area contributed by atoms with Crippen molar-refractivity contribution in [2.24, 2.45) is 0 Å². The van der Waals surface area contributed by atoms with Crippen molar-refractivity contribution in [2.75, 3.05) is 11.9 Å². The summed E-state index contributed by atoms with van der Waals surface area (Å²) in [5.41, 5.74) is 1.46. The number of nitrogens with zero attached hydrogens (tertiary/aromatic N) is 4. The lowest BCUT2D eigenvalue weighted by atomic mass is 10.3. The van der Waals surface area contributed by atoms with Crippen molar-refractivity contribution < 1.29 is 4.92 Å². The monoisotopic (exact) mass is 353 g/mol. The average molecular weight is 354 g/mol. The van der Waals surface area contributed by atoms with E-state index in [2.05, 4.69) is 31.3 Å². The minimum Gasteiger partial charge on any atom is -0.370 e. The summed E-state index contributed by atoms with van der Waals surface area (Å²) >= 11 is 3.42. The second-order valence-electron chi connectivity index (χ2n) is 4.62. The molecule has 0 aromatic carbocycles. The zero-order chi connectivity index (χ0) is 15.6. The summed E-state index contributed by atoms with van der Waals surface area (Å²) < 4.78 is 2.32. The van der Waals surface area contributed by atoms with Gasteiger partial charge in [0, 0.05) is 12.6 Å². The SMILES string of the molecule is CCCNc1ccc([N+](=O)[O-])c(-n2nc(C)c(Br)c2C)n1. The van der Waals surface area contributed by atoms with Crippen LogP contribution in [0.4, 0.5) is 11.5 Å². The third-order valence-corrected chi connectivity index (χ3v) is 4.16. The Labute approximate surface area is 130 Å². The Kier molecular flexibility index (Phi) is 4.56. The summed E-state index contributed by atoms with van der Waals surface area (Å²) in [5.74, 6) is 0.813. The van der Waals surface area contributed by atoms with Gasteiger partial charge in [0.2, 0.25) is 5.82 Å². The number of pyridine rings is 1. The number of rotatable bonds is 5. The molecule has 2 aromatic heterocycles. The molecular weight excluding hydrogens is 338 g/mol. The fourth-order valence-electron chi connectivity index (χ4n) is 1.92. The number of aryl methyl sites for hydroxylation is 1. The van der Waals surface area contributed by atoms with Crippen molar-refractivity contribution in [3.63, 3.8) is 0 Å². The highest BCUT2D eigenvalue weighted by Crippen LogP contribution is 2.28. The number of hydrogen-bond acceptors (Lipinski definition) is 5. The summed E-state index contributed by atoms with van der Waals surface area (Å²) in [5, 5.41) is 18.7. The molecule has 7 nitrogen and oxygen atoms in total. The molecule has 0 spiro atoms. The summed E-state index contributed by atoms with van der Waals surface area (Å²) in [6, 6.07) is 3.06. The molecule has 8 heteroatoms. The van der Waals surface area contributed by atoms with E-state index in [4.69, 9.17) is 0 Å². The van der Waals surface area contributed by atoms with Gasteiger partial charge in [-0.2, -0.15) is 5.10 Å². The fraction of sp³-hybridized carbons (Fsp3) is 0.385. The van der Waals surface area contributed by atoms with E-state index in [1.54, 1.807) is 6.07 Å². The molecule has 2 rings (SSSR count). The van der Waals surface area contributed by atoms with Crippen molar-refractivity contribution >= 4 is 27.4 Å². The first-order valence-electron chi connectivity index (χ1n) is 6.57. The van der Waals surface area contributed by atoms with Crippen molar-refractivity contribution in [1.82, 2.24) is 14.8 Å². The van der Waals surface area contributed by atoms with Gasteiger partial charge in [0.25, 0.3) is 0 Å². The van der Waals surface area contributed by atoms with E-state index in [0.29, 0.717) is 5.82 Å². The highest BCUT2D eigenvalue weighted by atomic mass is 79.9. The van der Waals surface area contributed by atoms with Gasteiger partial charge in [-0.3, -0.25) is 10.1 Å². The minimum atomic E-state index is -0.448. The van der Waals surface area contributed by atoms with Crippen molar-refractivity contribution in [3.8, 4) is 5.82 Å². The van der Waals surface area contributed by atoms with Crippen LogP contribution in [0.5, 0.6) is 0 Å². The smallest absolute Gasteiger partial charge is 0.313 e. The Morgan fingerprint density at radius 3 is 2.67 bits per heavy atom. The Balaban J connectivity index is 2.57. The van der Waals surface area contributed by atoms with Gasteiger partial charge in [-0.1, -0.05) is 6.92 Å². The zero-order valence-corrected chi connectivity index (χ0v) is 13.6. The van der Waals surface area contributed by atoms with Crippen LogP contribution in [-0.4, -0.2) is 26.2 Å². The summed E-state index contributed by atoms with van der Waals surface area (Å²) in [6.45, 7) is 6.46. The highest BCUT2D eigenvalue weighted by Gasteiger charge is 2.22. The van der Waals surface area contributed by atoms with Crippen LogP contribution in [0.3, 0.4) is 0 Å². The van der Waals surface area contributed by atoms with Crippen LogP contribution >= 0.6 is 15.9 Å². The van der Waals surface area contributed by atoms with Gasteiger partial charge in [0.1, 0.15) is 5.82 Å². The molecule has 0 radical (unpaired) electrons. The molecule has 0 aliphatic heterocycles. The molecule has 0 amide bonds. The second kappa shape index (κ2) is 6.21. The molecule has 21 heavy (non-hydrogen) atoms. The van der Waals surface area contributed by atoms with Crippen LogP contribution in [0.1, 0.15) is 24.7 Å². The van der Waals surface area contributed by atoms with Crippen LogP contribution in [0, 0.1) is 24.0 Å². The molecular formula is C13H16BrN5O2. The molecule has 2 heterocycles. The van der Waals surface area contributed by atoms with E-state index < -0.39 is 4.92 Å². The second-order valence-corrected chi connectivity index (χ2v) is 5.41. The van der Waals surface area contributed by atoms with Crippen molar-refractivity contribution in [2.45, 2.75) is 27.2 Å². The first kappa shape index (κ1) is 15.4.